The molecule has 1 heteroatoms. The Morgan fingerprint density at radius 1 is 1.28 bits per heavy atom. The van der Waals surface area contributed by atoms with Gasteiger partial charge in [0.1, 0.15) is 0 Å². The average molecular weight is 265 g/mol. The minimum atomic E-state index is 0.232. The number of aryl methyl sites for hydroxylation is 1. The Bertz CT molecular complexity index is 370. The van der Waals surface area contributed by atoms with E-state index >= 15 is 0 Å². The van der Waals surface area contributed by atoms with Crippen molar-refractivity contribution in [2.45, 2.75) is 57.7 Å². The van der Waals surface area contributed by atoms with Crippen LogP contribution in [0.2, 0.25) is 0 Å². The molecule has 1 aliphatic carbocycles. The minimum absolute atomic E-state index is 0.232. The van der Waals surface area contributed by atoms with Crippen LogP contribution in [0.3, 0.4) is 0 Å². The third kappa shape index (κ3) is 3.51. The fourth-order valence-corrected chi connectivity index (χ4v) is 3.53. The highest BCUT2D eigenvalue weighted by Crippen LogP contribution is 2.40. The fourth-order valence-electron chi connectivity index (χ4n) is 3.06. The Balaban J connectivity index is 2.01. The Kier molecular flexibility index (Phi) is 5.12. The lowest BCUT2D eigenvalue weighted by Gasteiger charge is -2.21. The molecule has 0 fully saturated rings. The molecule has 0 radical (unpaired) electrons. The van der Waals surface area contributed by atoms with Crippen molar-refractivity contribution in [3.63, 3.8) is 0 Å². The van der Waals surface area contributed by atoms with Gasteiger partial charge in [0, 0.05) is 0 Å². The number of benzene rings is 1. The van der Waals surface area contributed by atoms with Crippen molar-refractivity contribution in [3.8, 4) is 0 Å². The summed E-state index contributed by atoms with van der Waals surface area (Å²) in [4.78, 5) is 0. The molecule has 0 saturated carbocycles. The second-order valence-electron chi connectivity index (χ2n) is 6.08. The van der Waals surface area contributed by atoms with Crippen molar-refractivity contribution in [1.82, 2.24) is 0 Å². The van der Waals surface area contributed by atoms with E-state index in [1.165, 1.54) is 49.7 Å². The van der Waals surface area contributed by atoms with Crippen LogP contribution in [0, 0.1) is 11.8 Å². The molecule has 0 N–H and O–H groups in total. The summed E-state index contributed by atoms with van der Waals surface area (Å²) in [5, 5.41) is 0.232. The van der Waals surface area contributed by atoms with E-state index in [9.17, 15) is 0 Å². The van der Waals surface area contributed by atoms with Gasteiger partial charge in [-0.25, -0.2) is 0 Å². The average Bonchev–Trinajstić information content (AvgIpc) is 2.50. The van der Waals surface area contributed by atoms with Crippen molar-refractivity contribution in [1.29, 1.82) is 0 Å². The number of hydrogen-bond donors (Lipinski definition) is 0. The lowest BCUT2D eigenvalue weighted by Crippen LogP contribution is -2.07. The zero-order valence-electron chi connectivity index (χ0n) is 11.7. The predicted octanol–water partition coefficient (Wildman–Crippen LogP) is 5.75. The van der Waals surface area contributed by atoms with Gasteiger partial charge >= 0.3 is 0 Å². The number of alkyl halides is 1. The SMILES string of the molecule is CC(C)CCCC1CCCc2ccccc2C1Cl. The topological polar surface area (TPSA) is 0 Å². The molecule has 2 unspecified atom stereocenters. The molecule has 1 aliphatic rings. The highest BCUT2D eigenvalue weighted by atomic mass is 35.5. The molecule has 0 aromatic heterocycles. The Morgan fingerprint density at radius 3 is 2.83 bits per heavy atom. The van der Waals surface area contributed by atoms with Gasteiger partial charge in [-0.05, 0) is 48.6 Å². The zero-order chi connectivity index (χ0) is 13.0. The minimum Gasteiger partial charge on any atom is -0.118 e. The highest BCUT2D eigenvalue weighted by molar-refractivity contribution is 6.21. The van der Waals surface area contributed by atoms with Crippen LogP contribution in [0.4, 0.5) is 0 Å². The van der Waals surface area contributed by atoms with E-state index in [-0.39, 0.29) is 5.38 Å². The van der Waals surface area contributed by atoms with Crippen molar-refractivity contribution >= 4 is 11.6 Å². The first-order valence-electron chi connectivity index (χ1n) is 7.40. The number of fused-ring (bicyclic) bond motifs is 1. The number of halogens is 1. The van der Waals surface area contributed by atoms with Crippen molar-refractivity contribution in [3.05, 3.63) is 35.4 Å². The van der Waals surface area contributed by atoms with E-state index in [0.29, 0.717) is 5.92 Å². The van der Waals surface area contributed by atoms with E-state index in [2.05, 4.69) is 38.1 Å². The van der Waals surface area contributed by atoms with E-state index in [4.69, 9.17) is 11.6 Å². The maximum absolute atomic E-state index is 6.73. The largest absolute Gasteiger partial charge is 0.118 e. The summed E-state index contributed by atoms with van der Waals surface area (Å²) in [5.41, 5.74) is 2.87. The molecule has 0 nitrogen and oxygen atoms in total. The maximum atomic E-state index is 6.73. The van der Waals surface area contributed by atoms with Gasteiger partial charge in [-0.3, -0.25) is 0 Å². The maximum Gasteiger partial charge on any atom is 0.0616 e. The van der Waals surface area contributed by atoms with E-state index < -0.39 is 0 Å². The first kappa shape index (κ1) is 13.9. The molecule has 0 aliphatic heterocycles. The van der Waals surface area contributed by atoms with Crippen LogP contribution in [0.15, 0.2) is 24.3 Å². The smallest absolute Gasteiger partial charge is 0.0616 e. The lowest BCUT2D eigenvalue weighted by atomic mass is 9.90. The summed E-state index contributed by atoms with van der Waals surface area (Å²) in [6, 6.07) is 8.75. The third-order valence-corrected chi connectivity index (χ3v) is 4.73. The van der Waals surface area contributed by atoms with Gasteiger partial charge < -0.3 is 0 Å². The highest BCUT2D eigenvalue weighted by Gasteiger charge is 2.25. The van der Waals surface area contributed by atoms with Crippen LogP contribution >= 0.6 is 11.6 Å². The molecule has 100 valence electrons. The molecule has 0 spiro atoms. The molecular weight excluding hydrogens is 240 g/mol. The van der Waals surface area contributed by atoms with Crippen LogP contribution in [0.5, 0.6) is 0 Å². The van der Waals surface area contributed by atoms with Crippen LogP contribution in [0.1, 0.15) is 62.5 Å². The quantitative estimate of drug-likeness (QED) is 0.480. The van der Waals surface area contributed by atoms with E-state index in [0.717, 1.165) is 5.92 Å². The molecule has 1 aromatic rings. The molecule has 2 atom stereocenters. The van der Waals surface area contributed by atoms with Gasteiger partial charge in [0.15, 0.2) is 0 Å². The van der Waals surface area contributed by atoms with Gasteiger partial charge in [-0.2, -0.15) is 0 Å². The molecule has 2 rings (SSSR count). The van der Waals surface area contributed by atoms with Crippen molar-refractivity contribution < 1.29 is 0 Å². The summed E-state index contributed by atoms with van der Waals surface area (Å²) in [6.07, 6.45) is 7.75. The van der Waals surface area contributed by atoms with Crippen LogP contribution < -0.4 is 0 Å². The van der Waals surface area contributed by atoms with E-state index in [1.807, 2.05) is 0 Å². The molecule has 0 bridgehead atoms. The van der Waals surface area contributed by atoms with Crippen molar-refractivity contribution in [2.24, 2.45) is 11.8 Å². The molecule has 1 aromatic carbocycles. The molecule has 18 heavy (non-hydrogen) atoms. The molecule has 0 saturated heterocycles. The van der Waals surface area contributed by atoms with Gasteiger partial charge in [-0.1, -0.05) is 51.0 Å². The third-order valence-electron chi connectivity index (χ3n) is 4.14. The van der Waals surface area contributed by atoms with Crippen molar-refractivity contribution in [2.75, 3.05) is 0 Å². The van der Waals surface area contributed by atoms with Crippen LogP contribution in [0.25, 0.3) is 0 Å². The van der Waals surface area contributed by atoms with Gasteiger partial charge in [-0.15, -0.1) is 11.6 Å². The van der Waals surface area contributed by atoms with Gasteiger partial charge in [0.05, 0.1) is 5.38 Å². The van der Waals surface area contributed by atoms with Gasteiger partial charge in [0.25, 0.3) is 0 Å². The first-order valence-corrected chi connectivity index (χ1v) is 7.84. The second-order valence-corrected chi connectivity index (χ2v) is 6.55. The number of rotatable bonds is 4. The summed E-state index contributed by atoms with van der Waals surface area (Å²) < 4.78 is 0. The molecule has 0 amide bonds. The predicted molar refractivity (Wildman–Crippen MR) is 80.2 cm³/mol. The Hall–Kier alpha value is -0.490. The molecule has 0 heterocycles. The lowest BCUT2D eigenvalue weighted by molar-refractivity contribution is 0.398. The number of hydrogen-bond acceptors (Lipinski definition) is 0. The standard InChI is InChI=1S/C17H25Cl/c1-13(2)7-5-10-15-11-6-9-14-8-3-4-12-16(14)17(15)18/h3-4,8,12-13,15,17H,5-7,9-11H2,1-2H3. The summed E-state index contributed by atoms with van der Waals surface area (Å²) >= 11 is 6.73. The Labute approximate surface area is 117 Å². The zero-order valence-corrected chi connectivity index (χ0v) is 12.4. The van der Waals surface area contributed by atoms with E-state index in [1.54, 1.807) is 0 Å². The summed E-state index contributed by atoms with van der Waals surface area (Å²) in [6.45, 7) is 4.61. The fraction of sp³-hybridized carbons (Fsp3) is 0.647. The van der Waals surface area contributed by atoms with Crippen LogP contribution in [-0.4, -0.2) is 0 Å². The normalized spacial score (nSPS) is 23.8. The summed E-state index contributed by atoms with van der Waals surface area (Å²) in [7, 11) is 0. The summed E-state index contributed by atoms with van der Waals surface area (Å²) in [5.74, 6) is 1.49. The monoisotopic (exact) mass is 264 g/mol. The Morgan fingerprint density at radius 2 is 2.06 bits per heavy atom. The van der Waals surface area contributed by atoms with Gasteiger partial charge in [0.2, 0.25) is 0 Å². The van der Waals surface area contributed by atoms with Crippen LogP contribution in [-0.2, 0) is 6.42 Å². The second kappa shape index (κ2) is 6.61. The first-order chi connectivity index (χ1) is 8.68. The molecular formula is C17H25Cl.